The number of benzene rings is 1. The van der Waals surface area contributed by atoms with Gasteiger partial charge in [0.05, 0.1) is 51.3 Å². The van der Waals surface area contributed by atoms with Crippen LogP contribution in [-0.2, 0) is 14.2 Å². The molecule has 2 bridgehead atoms. The van der Waals surface area contributed by atoms with Crippen molar-refractivity contribution >= 4 is 11.4 Å². The highest BCUT2D eigenvalue weighted by Crippen LogP contribution is 2.20. The van der Waals surface area contributed by atoms with Crippen LogP contribution in [0.2, 0.25) is 0 Å². The third kappa shape index (κ3) is 6.45. The van der Waals surface area contributed by atoms with Gasteiger partial charge in [-0.1, -0.05) is 12.1 Å². The molecule has 25 heavy (non-hydrogen) atoms. The molecule has 1 fully saturated rings. The molecule has 0 radical (unpaired) electrons. The van der Waals surface area contributed by atoms with E-state index in [1.165, 1.54) is 0 Å². The molecule has 140 valence electrons. The molecule has 2 N–H and O–H groups in total. The molecule has 1 aromatic rings. The van der Waals surface area contributed by atoms with Crippen molar-refractivity contribution in [1.82, 2.24) is 9.80 Å². The summed E-state index contributed by atoms with van der Waals surface area (Å²) in [6.07, 6.45) is 0. The van der Waals surface area contributed by atoms with E-state index in [2.05, 4.69) is 44.7 Å². The Balaban J connectivity index is 1.67. The molecule has 2 aliphatic rings. The molecule has 1 aromatic carbocycles. The maximum Gasteiger partial charge on any atom is 0.0992 e. The highest BCUT2D eigenvalue weighted by molar-refractivity contribution is 5.68. The first-order valence-electron chi connectivity index (χ1n) is 9.16. The summed E-state index contributed by atoms with van der Waals surface area (Å²) in [7, 11) is 0. The van der Waals surface area contributed by atoms with Gasteiger partial charge in [0.25, 0.3) is 0 Å². The standard InChI is InChI=1S/C18H30N4O3/c1-2-4-18-17(3-1)19-5-7-21-9-10-22(8-6-20-18)16-25-14-12-23-11-13-24-15-21/h1-4,19-20H,5-16H2. The average molecular weight is 350 g/mol. The van der Waals surface area contributed by atoms with Gasteiger partial charge < -0.3 is 24.8 Å². The van der Waals surface area contributed by atoms with E-state index in [4.69, 9.17) is 14.2 Å². The zero-order valence-corrected chi connectivity index (χ0v) is 14.9. The smallest absolute Gasteiger partial charge is 0.0992 e. The van der Waals surface area contributed by atoms with Crippen molar-refractivity contribution in [3.8, 4) is 0 Å². The van der Waals surface area contributed by atoms with Gasteiger partial charge in [-0.2, -0.15) is 0 Å². The van der Waals surface area contributed by atoms with Crippen molar-refractivity contribution in [2.24, 2.45) is 0 Å². The van der Waals surface area contributed by atoms with Crippen LogP contribution in [-0.4, -0.2) is 89.0 Å². The van der Waals surface area contributed by atoms with Crippen molar-refractivity contribution in [3.05, 3.63) is 24.3 Å². The number of anilines is 2. The molecule has 7 nitrogen and oxygen atoms in total. The van der Waals surface area contributed by atoms with Gasteiger partial charge in [0, 0.05) is 39.3 Å². The Kier molecular flexibility index (Phi) is 7.79. The Morgan fingerprint density at radius 1 is 0.640 bits per heavy atom. The minimum atomic E-state index is 0.621. The molecule has 2 heterocycles. The molecule has 2 unspecified atom stereocenters. The first-order valence-corrected chi connectivity index (χ1v) is 9.16. The second-order valence-electron chi connectivity index (χ2n) is 6.32. The van der Waals surface area contributed by atoms with Gasteiger partial charge in [-0.25, -0.2) is 0 Å². The van der Waals surface area contributed by atoms with Gasteiger partial charge in [-0.3, -0.25) is 9.80 Å². The predicted octanol–water partition coefficient (Wildman–Crippen LogP) is 1.11. The van der Waals surface area contributed by atoms with Crippen LogP contribution in [0.1, 0.15) is 0 Å². The van der Waals surface area contributed by atoms with Crippen LogP contribution in [0.4, 0.5) is 11.4 Å². The Bertz CT molecular complexity index is 460. The van der Waals surface area contributed by atoms with Crippen LogP contribution >= 0.6 is 0 Å². The molecule has 0 saturated carbocycles. The summed E-state index contributed by atoms with van der Waals surface area (Å²) in [5.74, 6) is 0. The Morgan fingerprint density at radius 3 is 1.64 bits per heavy atom. The van der Waals surface area contributed by atoms with Crippen molar-refractivity contribution in [2.75, 3.05) is 89.8 Å². The Morgan fingerprint density at radius 2 is 1.12 bits per heavy atom. The summed E-state index contributed by atoms with van der Waals surface area (Å²) in [4.78, 5) is 4.69. The molecular formula is C18H30N4O3. The fraction of sp³-hybridized carbons (Fsp3) is 0.667. The summed E-state index contributed by atoms with van der Waals surface area (Å²) in [5.41, 5.74) is 2.30. The van der Waals surface area contributed by atoms with Crippen LogP contribution in [0, 0.1) is 0 Å². The Hall–Kier alpha value is -1.38. The SMILES string of the molecule is c1ccc2c(c1)NCCN1CCN(CCN2)COCCOCCOC1. The largest absolute Gasteiger partial charge is 0.382 e. The second kappa shape index (κ2) is 10.6. The van der Waals surface area contributed by atoms with Gasteiger partial charge in [0.1, 0.15) is 0 Å². The summed E-state index contributed by atoms with van der Waals surface area (Å²) in [6.45, 7) is 9.34. The van der Waals surface area contributed by atoms with E-state index in [9.17, 15) is 0 Å². The van der Waals surface area contributed by atoms with Crippen LogP contribution < -0.4 is 10.6 Å². The van der Waals surface area contributed by atoms with Crippen LogP contribution in [0.15, 0.2) is 24.3 Å². The average Bonchev–Trinajstić information content (AvgIpc) is 2.64. The van der Waals surface area contributed by atoms with E-state index >= 15 is 0 Å². The topological polar surface area (TPSA) is 58.2 Å². The Labute approximate surface area is 150 Å². The fourth-order valence-corrected chi connectivity index (χ4v) is 2.98. The van der Waals surface area contributed by atoms with Crippen LogP contribution in [0.25, 0.3) is 0 Å². The summed E-state index contributed by atoms with van der Waals surface area (Å²) < 4.78 is 17.1. The number of nitrogens with zero attached hydrogens (tertiary/aromatic N) is 2. The minimum absolute atomic E-state index is 0.621. The molecule has 0 spiro atoms. The maximum absolute atomic E-state index is 5.77. The number of fused-ring (bicyclic) bond motifs is 4. The second-order valence-corrected chi connectivity index (χ2v) is 6.32. The van der Waals surface area contributed by atoms with Crippen LogP contribution in [0.5, 0.6) is 0 Å². The van der Waals surface area contributed by atoms with Crippen molar-refractivity contribution < 1.29 is 14.2 Å². The quantitative estimate of drug-likeness (QED) is 0.727. The summed E-state index contributed by atoms with van der Waals surface area (Å²) in [5, 5.41) is 7.07. The highest BCUT2D eigenvalue weighted by Gasteiger charge is 2.12. The van der Waals surface area contributed by atoms with E-state index in [-0.39, 0.29) is 0 Å². The monoisotopic (exact) mass is 350 g/mol. The molecule has 7 heteroatoms. The zero-order valence-electron chi connectivity index (χ0n) is 14.9. The number of nitrogens with one attached hydrogen (secondary N) is 2. The predicted molar refractivity (Wildman–Crippen MR) is 99.0 cm³/mol. The first-order chi connectivity index (χ1) is 12.4. The molecule has 0 aromatic heterocycles. The molecule has 0 aliphatic carbocycles. The first kappa shape index (κ1) is 18.4. The molecular weight excluding hydrogens is 320 g/mol. The van der Waals surface area contributed by atoms with Gasteiger partial charge in [0.2, 0.25) is 0 Å². The number of hydrogen-bond acceptors (Lipinski definition) is 7. The van der Waals surface area contributed by atoms with Gasteiger partial charge in [-0.05, 0) is 12.1 Å². The minimum Gasteiger partial charge on any atom is -0.382 e. The van der Waals surface area contributed by atoms with Gasteiger partial charge in [0.15, 0.2) is 0 Å². The van der Waals surface area contributed by atoms with Crippen molar-refractivity contribution in [2.45, 2.75) is 0 Å². The lowest BCUT2D eigenvalue weighted by Gasteiger charge is -2.28. The third-order valence-corrected chi connectivity index (χ3v) is 4.44. The zero-order chi connectivity index (χ0) is 17.2. The fourth-order valence-electron chi connectivity index (χ4n) is 2.98. The van der Waals surface area contributed by atoms with E-state index in [0.29, 0.717) is 39.9 Å². The molecule has 3 rings (SSSR count). The van der Waals surface area contributed by atoms with Gasteiger partial charge >= 0.3 is 0 Å². The molecule has 1 saturated heterocycles. The summed E-state index contributed by atoms with van der Waals surface area (Å²) in [6, 6.07) is 8.37. The molecule has 2 aliphatic heterocycles. The van der Waals surface area contributed by atoms with E-state index in [1.807, 2.05) is 0 Å². The number of para-hydroxylation sites is 2. The number of rotatable bonds is 0. The normalized spacial score (nSPS) is 27.0. The number of hydrogen-bond donors (Lipinski definition) is 2. The molecule has 2 atom stereocenters. The third-order valence-electron chi connectivity index (χ3n) is 4.44. The lowest BCUT2D eigenvalue weighted by Crippen LogP contribution is -2.41. The van der Waals surface area contributed by atoms with E-state index in [1.54, 1.807) is 0 Å². The van der Waals surface area contributed by atoms with Crippen molar-refractivity contribution in [3.63, 3.8) is 0 Å². The summed E-state index contributed by atoms with van der Waals surface area (Å²) >= 11 is 0. The lowest BCUT2D eigenvalue weighted by atomic mass is 10.2. The van der Waals surface area contributed by atoms with Crippen molar-refractivity contribution in [1.29, 1.82) is 0 Å². The van der Waals surface area contributed by atoms with E-state index < -0.39 is 0 Å². The number of ether oxygens (including phenoxy) is 3. The van der Waals surface area contributed by atoms with E-state index in [0.717, 1.165) is 50.6 Å². The maximum atomic E-state index is 5.77. The van der Waals surface area contributed by atoms with Gasteiger partial charge in [-0.15, -0.1) is 0 Å². The highest BCUT2D eigenvalue weighted by atomic mass is 16.5. The van der Waals surface area contributed by atoms with Crippen LogP contribution in [0.3, 0.4) is 0 Å². The lowest BCUT2D eigenvalue weighted by molar-refractivity contribution is -0.0167. The molecule has 0 amide bonds.